The van der Waals surface area contributed by atoms with E-state index in [0.717, 1.165) is 13.0 Å². The van der Waals surface area contributed by atoms with E-state index in [4.69, 9.17) is 9.47 Å². The van der Waals surface area contributed by atoms with Crippen LogP contribution in [0.5, 0.6) is 5.75 Å². The van der Waals surface area contributed by atoms with Crippen LogP contribution in [0.4, 0.5) is 0 Å². The van der Waals surface area contributed by atoms with Crippen molar-refractivity contribution >= 4 is 11.8 Å². The molecule has 2 saturated heterocycles. The van der Waals surface area contributed by atoms with Gasteiger partial charge in [-0.3, -0.25) is 9.59 Å². The topological polar surface area (TPSA) is 67.9 Å². The number of likely N-dealkylation sites (tertiary alicyclic amines) is 1. The molecule has 1 spiro atoms. The molecule has 140 valence electrons. The predicted molar refractivity (Wildman–Crippen MR) is 96.0 cm³/mol. The highest BCUT2D eigenvalue weighted by molar-refractivity contribution is 5.95. The third-order valence-corrected chi connectivity index (χ3v) is 5.61. The van der Waals surface area contributed by atoms with E-state index in [2.05, 4.69) is 5.32 Å². The summed E-state index contributed by atoms with van der Waals surface area (Å²) in [6, 6.07) is 7.21. The maximum Gasteiger partial charge on any atom is 0.254 e. The smallest absolute Gasteiger partial charge is 0.254 e. The molecule has 6 heteroatoms. The van der Waals surface area contributed by atoms with Crippen LogP contribution in [-0.2, 0) is 9.53 Å². The van der Waals surface area contributed by atoms with Crippen molar-refractivity contribution in [3.05, 3.63) is 29.8 Å². The van der Waals surface area contributed by atoms with E-state index in [1.54, 1.807) is 19.2 Å². The Balaban J connectivity index is 1.25. The van der Waals surface area contributed by atoms with E-state index in [9.17, 15) is 9.59 Å². The van der Waals surface area contributed by atoms with Gasteiger partial charge in [-0.1, -0.05) is 6.07 Å². The maximum absolute atomic E-state index is 12.6. The van der Waals surface area contributed by atoms with Gasteiger partial charge in [-0.05, 0) is 49.3 Å². The second-order valence-corrected chi connectivity index (χ2v) is 7.91. The lowest BCUT2D eigenvalue weighted by atomic mass is 9.85. The highest BCUT2D eigenvalue weighted by Gasteiger charge is 2.51. The van der Waals surface area contributed by atoms with Crippen LogP contribution in [0, 0.1) is 11.8 Å². The predicted octanol–water partition coefficient (Wildman–Crippen LogP) is 1.84. The number of nitrogens with one attached hydrogen (secondary N) is 1. The second-order valence-electron chi connectivity index (χ2n) is 7.91. The van der Waals surface area contributed by atoms with Gasteiger partial charge in [0.2, 0.25) is 5.91 Å². The first kappa shape index (κ1) is 17.3. The van der Waals surface area contributed by atoms with E-state index in [0.29, 0.717) is 43.3 Å². The van der Waals surface area contributed by atoms with Crippen LogP contribution in [0.25, 0.3) is 0 Å². The number of carbonyl (C=O) groups is 2. The number of hydrogen-bond donors (Lipinski definition) is 1. The highest BCUT2D eigenvalue weighted by atomic mass is 16.5. The van der Waals surface area contributed by atoms with Crippen LogP contribution in [-0.4, -0.2) is 55.7 Å². The number of rotatable bonds is 6. The Kier molecular flexibility index (Phi) is 4.61. The van der Waals surface area contributed by atoms with Gasteiger partial charge < -0.3 is 19.7 Å². The van der Waals surface area contributed by atoms with E-state index < -0.39 is 0 Å². The zero-order chi connectivity index (χ0) is 18.1. The molecular weight excluding hydrogens is 332 g/mol. The first-order chi connectivity index (χ1) is 12.6. The van der Waals surface area contributed by atoms with Crippen LogP contribution in [0.2, 0.25) is 0 Å². The van der Waals surface area contributed by atoms with Crippen molar-refractivity contribution in [1.29, 1.82) is 0 Å². The standard InChI is InChI=1S/C20H26N2O4/c1-25-17-4-2-3-16(8-17)19(24)22-12-20(13-22)9-15(11-26-20)7-18(23)21-10-14-5-6-14/h2-4,8,14-15H,5-7,9-13H2,1H3,(H,21,23). The van der Waals surface area contributed by atoms with Crippen LogP contribution in [0.1, 0.15) is 36.0 Å². The van der Waals surface area contributed by atoms with E-state index >= 15 is 0 Å². The summed E-state index contributed by atoms with van der Waals surface area (Å²) in [5.41, 5.74) is 0.379. The van der Waals surface area contributed by atoms with Crippen molar-refractivity contribution in [3.8, 4) is 5.75 Å². The molecule has 4 rings (SSSR count). The zero-order valence-corrected chi connectivity index (χ0v) is 15.2. The lowest BCUT2D eigenvalue weighted by Crippen LogP contribution is -2.63. The SMILES string of the molecule is COc1cccc(C(=O)N2CC3(CC(CC(=O)NCC4CC4)CO3)C2)c1. The minimum atomic E-state index is -0.254. The molecule has 1 aromatic carbocycles. The second kappa shape index (κ2) is 6.91. The third-order valence-electron chi connectivity index (χ3n) is 5.61. The first-order valence-electron chi connectivity index (χ1n) is 9.41. The lowest BCUT2D eigenvalue weighted by Gasteiger charge is -2.47. The minimum Gasteiger partial charge on any atom is -0.497 e. The summed E-state index contributed by atoms with van der Waals surface area (Å²) in [4.78, 5) is 26.4. The van der Waals surface area contributed by atoms with Gasteiger partial charge in [0, 0.05) is 18.5 Å². The van der Waals surface area contributed by atoms with Gasteiger partial charge in [0.25, 0.3) is 5.91 Å². The summed E-state index contributed by atoms with van der Waals surface area (Å²) in [7, 11) is 1.59. The third kappa shape index (κ3) is 3.70. The Labute approximate surface area is 153 Å². The summed E-state index contributed by atoms with van der Waals surface area (Å²) in [5, 5.41) is 3.02. The van der Waals surface area contributed by atoms with Gasteiger partial charge >= 0.3 is 0 Å². The number of hydrogen-bond acceptors (Lipinski definition) is 4. The average Bonchev–Trinajstić information content (AvgIpc) is 3.36. The fourth-order valence-electron chi connectivity index (χ4n) is 3.94. The molecule has 1 aliphatic carbocycles. The van der Waals surface area contributed by atoms with Gasteiger partial charge in [0.05, 0.1) is 26.8 Å². The quantitative estimate of drug-likeness (QED) is 0.843. The van der Waals surface area contributed by atoms with Crippen molar-refractivity contribution in [1.82, 2.24) is 10.2 Å². The van der Waals surface area contributed by atoms with Crippen LogP contribution in [0.3, 0.4) is 0 Å². The van der Waals surface area contributed by atoms with Crippen molar-refractivity contribution < 1.29 is 19.1 Å². The maximum atomic E-state index is 12.6. The number of methoxy groups -OCH3 is 1. The normalized spacial score (nSPS) is 23.6. The molecule has 2 heterocycles. The fraction of sp³-hybridized carbons (Fsp3) is 0.600. The minimum absolute atomic E-state index is 0.00347. The summed E-state index contributed by atoms with van der Waals surface area (Å²) >= 11 is 0. The van der Waals surface area contributed by atoms with Crippen molar-refractivity contribution in [3.63, 3.8) is 0 Å². The zero-order valence-electron chi connectivity index (χ0n) is 15.2. The molecule has 0 radical (unpaired) electrons. The monoisotopic (exact) mass is 358 g/mol. The molecule has 1 N–H and O–H groups in total. The Hall–Kier alpha value is -2.08. The van der Waals surface area contributed by atoms with Crippen LogP contribution < -0.4 is 10.1 Å². The molecule has 3 fully saturated rings. The number of ether oxygens (including phenoxy) is 2. The van der Waals surface area contributed by atoms with E-state index in [1.165, 1.54) is 12.8 Å². The Bertz CT molecular complexity index is 695. The molecule has 2 aliphatic heterocycles. The summed E-state index contributed by atoms with van der Waals surface area (Å²) in [5.74, 6) is 1.77. The number of amides is 2. The van der Waals surface area contributed by atoms with Gasteiger partial charge in [0.15, 0.2) is 0 Å². The van der Waals surface area contributed by atoms with E-state index in [-0.39, 0.29) is 23.3 Å². The van der Waals surface area contributed by atoms with Crippen LogP contribution >= 0.6 is 0 Å². The largest absolute Gasteiger partial charge is 0.497 e. The number of carbonyl (C=O) groups excluding carboxylic acids is 2. The number of benzene rings is 1. The van der Waals surface area contributed by atoms with Crippen molar-refractivity contribution in [2.75, 3.05) is 33.4 Å². The number of nitrogens with zero attached hydrogens (tertiary/aromatic N) is 1. The summed E-state index contributed by atoms with van der Waals surface area (Å²) in [6.45, 7) is 2.63. The fourth-order valence-corrected chi connectivity index (χ4v) is 3.94. The van der Waals surface area contributed by atoms with Gasteiger partial charge in [-0.15, -0.1) is 0 Å². The molecule has 1 aromatic rings. The average molecular weight is 358 g/mol. The Morgan fingerprint density at radius 1 is 1.31 bits per heavy atom. The molecule has 1 atom stereocenters. The summed E-state index contributed by atoms with van der Waals surface area (Å²) in [6.07, 6.45) is 3.87. The Morgan fingerprint density at radius 3 is 2.85 bits per heavy atom. The van der Waals surface area contributed by atoms with Crippen molar-refractivity contribution in [2.24, 2.45) is 11.8 Å². The molecule has 0 aromatic heterocycles. The summed E-state index contributed by atoms with van der Waals surface area (Å²) < 4.78 is 11.2. The van der Waals surface area contributed by atoms with Crippen LogP contribution in [0.15, 0.2) is 24.3 Å². The van der Waals surface area contributed by atoms with Gasteiger partial charge in [-0.25, -0.2) is 0 Å². The van der Waals surface area contributed by atoms with E-state index in [1.807, 2.05) is 17.0 Å². The lowest BCUT2D eigenvalue weighted by molar-refractivity contribution is -0.122. The molecule has 1 saturated carbocycles. The van der Waals surface area contributed by atoms with Gasteiger partial charge in [-0.2, -0.15) is 0 Å². The molecule has 6 nitrogen and oxygen atoms in total. The molecule has 2 amide bonds. The van der Waals surface area contributed by atoms with Crippen molar-refractivity contribution in [2.45, 2.75) is 31.3 Å². The Morgan fingerprint density at radius 2 is 2.12 bits per heavy atom. The molecule has 0 bridgehead atoms. The van der Waals surface area contributed by atoms with Gasteiger partial charge in [0.1, 0.15) is 11.4 Å². The molecular formula is C20H26N2O4. The molecule has 3 aliphatic rings. The molecule has 26 heavy (non-hydrogen) atoms. The molecule has 1 unspecified atom stereocenters. The highest BCUT2D eigenvalue weighted by Crippen LogP contribution is 2.39. The first-order valence-corrected chi connectivity index (χ1v) is 9.41.